The average Bonchev–Trinajstić information content (AvgIpc) is 2.76. The van der Waals surface area contributed by atoms with Gasteiger partial charge in [0.1, 0.15) is 6.04 Å². The third-order valence-electron chi connectivity index (χ3n) is 2.99. The number of carbonyl (C=O) groups is 2. The largest absolute Gasteiger partial charge is 0.318 e. The maximum absolute atomic E-state index is 12.4. The average molecular weight is 265 g/mol. The lowest BCUT2D eigenvalue weighted by Gasteiger charge is -2.19. The molecular weight excluding hydrogens is 254 g/mol. The summed E-state index contributed by atoms with van der Waals surface area (Å²) in [5, 5.41) is 0.0888. The lowest BCUT2D eigenvalue weighted by Crippen LogP contribution is -2.39. The van der Waals surface area contributed by atoms with Crippen molar-refractivity contribution in [3.63, 3.8) is 0 Å². The summed E-state index contributed by atoms with van der Waals surface area (Å²) in [6.45, 7) is 1.96. The number of nitrogens with zero attached hydrogens (tertiary/aromatic N) is 1. The highest BCUT2D eigenvalue weighted by Gasteiger charge is 2.39. The molecule has 1 aromatic rings. The van der Waals surface area contributed by atoms with Gasteiger partial charge in [-0.25, -0.2) is 0 Å². The molecule has 88 valence electrons. The Hall–Kier alpha value is -0.940. The molecule has 2 aliphatic heterocycles. The molecule has 0 saturated carbocycles. The van der Waals surface area contributed by atoms with Crippen LogP contribution in [0.15, 0.2) is 23.1 Å². The normalized spacial score (nSPS) is 23.4. The second-order valence-electron chi connectivity index (χ2n) is 4.21. The van der Waals surface area contributed by atoms with E-state index >= 15 is 0 Å². The molecule has 5 heteroatoms. The van der Waals surface area contributed by atoms with Crippen LogP contribution < -0.4 is 0 Å². The highest BCUT2D eigenvalue weighted by Crippen LogP contribution is 2.36. The molecule has 0 spiro atoms. The fourth-order valence-electron chi connectivity index (χ4n) is 2.07. The summed E-state index contributed by atoms with van der Waals surface area (Å²) in [7, 11) is 0. The van der Waals surface area contributed by atoms with Crippen LogP contribution in [0.25, 0.3) is 0 Å². The van der Waals surface area contributed by atoms with Crippen molar-refractivity contribution in [1.82, 2.24) is 4.90 Å². The molecule has 1 fully saturated rings. The molecule has 2 aliphatic rings. The monoisotopic (exact) mass is 265 g/mol. The van der Waals surface area contributed by atoms with Gasteiger partial charge in [0.05, 0.1) is 11.4 Å². The van der Waals surface area contributed by atoms with E-state index in [0.29, 0.717) is 11.4 Å². The molecule has 1 amide bonds. The molecule has 1 aromatic carbocycles. The Balaban J connectivity index is 2.12. The van der Waals surface area contributed by atoms with Gasteiger partial charge in [0.15, 0.2) is 0 Å². The number of amides is 1. The van der Waals surface area contributed by atoms with Crippen molar-refractivity contribution in [2.75, 3.05) is 11.6 Å². The molecule has 17 heavy (non-hydrogen) atoms. The van der Waals surface area contributed by atoms with Gasteiger partial charge in [0.2, 0.25) is 5.12 Å². The second kappa shape index (κ2) is 4.07. The molecular formula is C12H11NO2S2. The fraction of sp³-hybridized carbons (Fsp3) is 0.333. The Bertz CT molecular complexity index is 515. The molecule has 0 aromatic heterocycles. The minimum Gasteiger partial charge on any atom is -0.318 e. The van der Waals surface area contributed by atoms with Crippen molar-refractivity contribution in [3.8, 4) is 0 Å². The fourth-order valence-corrected chi connectivity index (χ4v) is 4.28. The van der Waals surface area contributed by atoms with Crippen molar-refractivity contribution in [2.24, 2.45) is 0 Å². The number of aryl methyl sites for hydroxylation is 1. The zero-order chi connectivity index (χ0) is 12.0. The zero-order valence-corrected chi connectivity index (χ0v) is 10.9. The molecule has 0 radical (unpaired) electrons. The quantitative estimate of drug-likeness (QED) is 0.720. The van der Waals surface area contributed by atoms with Crippen LogP contribution >= 0.6 is 23.5 Å². The molecule has 1 atom stereocenters. The van der Waals surface area contributed by atoms with Gasteiger partial charge < -0.3 is 4.90 Å². The van der Waals surface area contributed by atoms with E-state index in [9.17, 15) is 9.59 Å². The lowest BCUT2D eigenvalue weighted by atomic mass is 10.1. The number of hydrogen-bond acceptors (Lipinski definition) is 4. The van der Waals surface area contributed by atoms with Crippen molar-refractivity contribution in [1.29, 1.82) is 0 Å². The Morgan fingerprint density at radius 3 is 3.00 bits per heavy atom. The minimum atomic E-state index is -0.245. The summed E-state index contributed by atoms with van der Waals surface area (Å²) in [4.78, 5) is 26.9. The number of hydrogen-bond donors (Lipinski definition) is 0. The van der Waals surface area contributed by atoms with Gasteiger partial charge in [-0.2, -0.15) is 0 Å². The van der Waals surface area contributed by atoms with E-state index in [1.54, 1.807) is 16.7 Å². The maximum Gasteiger partial charge on any atom is 0.256 e. The van der Waals surface area contributed by atoms with Crippen LogP contribution in [0.3, 0.4) is 0 Å². The first kappa shape index (κ1) is 11.2. The Morgan fingerprint density at radius 1 is 1.35 bits per heavy atom. The third-order valence-corrected chi connectivity index (χ3v) is 5.05. The number of fused-ring (bicyclic) bond motifs is 2. The second-order valence-corrected chi connectivity index (χ2v) is 6.26. The van der Waals surface area contributed by atoms with Crippen LogP contribution in [0.2, 0.25) is 0 Å². The standard InChI is InChI=1S/C12H11NO2S2/c1-7-2-3-10-8(4-7)11(14)13-6-16-5-9(13)12(15)17-10/h2-4,9H,5-6H2,1H3/t9-/m0/s1. The number of carbonyl (C=O) groups excluding carboxylic acids is 2. The van der Waals surface area contributed by atoms with Crippen molar-refractivity contribution >= 4 is 34.5 Å². The third kappa shape index (κ3) is 1.77. The maximum atomic E-state index is 12.4. The van der Waals surface area contributed by atoms with Crippen molar-refractivity contribution in [3.05, 3.63) is 29.3 Å². The molecule has 3 nitrogen and oxygen atoms in total. The Labute approximate surface area is 108 Å². The summed E-state index contributed by atoms with van der Waals surface area (Å²) >= 11 is 2.85. The Morgan fingerprint density at radius 2 is 2.18 bits per heavy atom. The summed E-state index contributed by atoms with van der Waals surface area (Å²) in [6, 6.07) is 5.45. The van der Waals surface area contributed by atoms with E-state index in [2.05, 4.69) is 0 Å². The predicted molar refractivity (Wildman–Crippen MR) is 69.3 cm³/mol. The molecule has 1 saturated heterocycles. The van der Waals surface area contributed by atoms with E-state index in [1.165, 1.54) is 11.8 Å². The van der Waals surface area contributed by atoms with E-state index in [0.717, 1.165) is 16.2 Å². The molecule has 3 rings (SSSR count). The summed E-state index contributed by atoms with van der Waals surface area (Å²) in [5.74, 6) is 1.35. The highest BCUT2D eigenvalue weighted by atomic mass is 32.2. The van der Waals surface area contributed by atoms with Crippen molar-refractivity contribution in [2.45, 2.75) is 17.9 Å². The van der Waals surface area contributed by atoms with Crippen LogP contribution in [-0.4, -0.2) is 33.6 Å². The smallest absolute Gasteiger partial charge is 0.256 e. The molecule has 2 heterocycles. The van der Waals surface area contributed by atoms with Gasteiger partial charge >= 0.3 is 0 Å². The first-order valence-corrected chi connectivity index (χ1v) is 7.35. The highest BCUT2D eigenvalue weighted by molar-refractivity contribution is 8.14. The van der Waals surface area contributed by atoms with Crippen LogP contribution in [0.5, 0.6) is 0 Å². The van der Waals surface area contributed by atoms with E-state index in [4.69, 9.17) is 0 Å². The van der Waals surface area contributed by atoms with Crippen LogP contribution in [-0.2, 0) is 4.79 Å². The number of rotatable bonds is 0. The predicted octanol–water partition coefficient (Wildman–Crippen LogP) is 2.14. The summed E-state index contributed by atoms with van der Waals surface area (Å²) < 4.78 is 0. The van der Waals surface area contributed by atoms with E-state index < -0.39 is 0 Å². The van der Waals surface area contributed by atoms with Gasteiger partial charge in [0.25, 0.3) is 5.91 Å². The van der Waals surface area contributed by atoms with Crippen LogP contribution in [0.1, 0.15) is 15.9 Å². The number of benzene rings is 1. The van der Waals surface area contributed by atoms with Gasteiger partial charge in [-0.3, -0.25) is 9.59 Å². The van der Waals surface area contributed by atoms with E-state index in [1.807, 2.05) is 25.1 Å². The van der Waals surface area contributed by atoms with Gasteiger partial charge in [-0.15, -0.1) is 11.8 Å². The lowest BCUT2D eigenvalue weighted by molar-refractivity contribution is -0.113. The summed E-state index contributed by atoms with van der Waals surface area (Å²) in [6.07, 6.45) is 0. The SMILES string of the molecule is Cc1ccc2c(c1)C(=O)N1CSC[C@H]1C(=O)S2. The molecule has 0 unspecified atom stereocenters. The zero-order valence-electron chi connectivity index (χ0n) is 9.30. The van der Waals surface area contributed by atoms with Gasteiger partial charge in [-0.1, -0.05) is 11.6 Å². The first-order valence-electron chi connectivity index (χ1n) is 5.38. The molecule has 0 aliphatic carbocycles. The van der Waals surface area contributed by atoms with Crippen LogP contribution in [0, 0.1) is 6.92 Å². The van der Waals surface area contributed by atoms with Gasteiger partial charge in [-0.05, 0) is 30.8 Å². The van der Waals surface area contributed by atoms with E-state index in [-0.39, 0.29) is 17.1 Å². The summed E-state index contributed by atoms with van der Waals surface area (Å²) in [5.41, 5.74) is 1.73. The van der Waals surface area contributed by atoms with Crippen molar-refractivity contribution < 1.29 is 9.59 Å². The topological polar surface area (TPSA) is 37.4 Å². The molecule has 0 N–H and O–H groups in total. The van der Waals surface area contributed by atoms with Crippen LogP contribution in [0.4, 0.5) is 0 Å². The van der Waals surface area contributed by atoms with Gasteiger partial charge in [0, 0.05) is 10.6 Å². The molecule has 0 bridgehead atoms. The Kier molecular flexibility index (Phi) is 2.67. The first-order chi connectivity index (χ1) is 8.16. The number of thioether (sulfide) groups is 2. The minimum absolute atomic E-state index is 0.00273.